The van der Waals surface area contributed by atoms with Crippen molar-refractivity contribution in [2.24, 2.45) is 0 Å². The van der Waals surface area contributed by atoms with Crippen LogP contribution in [0.25, 0.3) is 0 Å². The Morgan fingerprint density at radius 3 is 2.79 bits per heavy atom. The zero-order valence-electron chi connectivity index (χ0n) is 8.71. The Kier molecular flexibility index (Phi) is 2.10. The highest BCUT2D eigenvalue weighted by atomic mass is 16.1. The molecule has 0 aromatic carbocycles. The fourth-order valence-corrected chi connectivity index (χ4v) is 2.24. The number of aromatic nitrogens is 1. The van der Waals surface area contributed by atoms with Crippen molar-refractivity contribution in [3.63, 3.8) is 0 Å². The Morgan fingerprint density at radius 1 is 1.43 bits per heavy atom. The van der Waals surface area contributed by atoms with Gasteiger partial charge in [0.15, 0.2) is 0 Å². The van der Waals surface area contributed by atoms with Crippen LogP contribution in [0.3, 0.4) is 0 Å². The number of pyridine rings is 1. The fourth-order valence-electron chi connectivity index (χ4n) is 2.24. The summed E-state index contributed by atoms with van der Waals surface area (Å²) in [6.45, 7) is 4.05. The minimum Gasteiger partial charge on any atom is -0.394 e. The molecule has 0 atom stereocenters. The number of anilines is 1. The summed E-state index contributed by atoms with van der Waals surface area (Å²) in [4.78, 5) is 11.8. The van der Waals surface area contributed by atoms with Gasteiger partial charge in [-0.05, 0) is 44.7 Å². The first kappa shape index (κ1) is 9.31. The highest BCUT2D eigenvalue weighted by molar-refractivity contribution is 5.43. The van der Waals surface area contributed by atoms with Gasteiger partial charge in [0.2, 0.25) is 0 Å². The van der Waals surface area contributed by atoms with E-state index in [1.165, 1.54) is 11.3 Å². The predicted molar refractivity (Wildman–Crippen MR) is 57.5 cm³/mol. The lowest BCUT2D eigenvalue weighted by Gasteiger charge is -2.16. The minimum atomic E-state index is -0.0272. The van der Waals surface area contributed by atoms with E-state index in [9.17, 15) is 4.79 Å². The molecule has 0 unspecified atom stereocenters. The van der Waals surface area contributed by atoms with E-state index in [1.807, 2.05) is 24.5 Å². The summed E-state index contributed by atoms with van der Waals surface area (Å²) >= 11 is 0. The van der Waals surface area contributed by atoms with Gasteiger partial charge < -0.3 is 10.3 Å². The van der Waals surface area contributed by atoms with Gasteiger partial charge in [-0.3, -0.25) is 4.79 Å². The molecule has 1 heterocycles. The van der Waals surface area contributed by atoms with E-state index in [2.05, 4.69) is 0 Å². The number of nitrogens with two attached hydrogens (primary N) is 1. The molecule has 1 aromatic heterocycles. The van der Waals surface area contributed by atoms with Gasteiger partial charge in [-0.15, -0.1) is 0 Å². The number of fused-ring (bicyclic) bond motifs is 1. The van der Waals surface area contributed by atoms with Crippen LogP contribution in [-0.4, -0.2) is 4.57 Å². The topological polar surface area (TPSA) is 48.0 Å². The van der Waals surface area contributed by atoms with E-state index in [0.717, 1.165) is 19.3 Å². The lowest BCUT2D eigenvalue weighted by Crippen LogP contribution is -2.27. The van der Waals surface area contributed by atoms with Crippen molar-refractivity contribution in [1.82, 2.24) is 4.57 Å². The van der Waals surface area contributed by atoms with Gasteiger partial charge in [0.05, 0.1) is 5.69 Å². The second-order valence-corrected chi connectivity index (χ2v) is 4.19. The second-order valence-electron chi connectivity index (χ2n) is 4.19. The molecule has 3 nitrogen and oxygen atoms in total. The maximum Gasteiger partial charge on any atom is 0.274 e. The minimum absolute atomic E-state index is 0.0272. The molecular weight excluding hydrogens is 176 g/mol. The molecule has 0 spiro atoms. The maximum absolute atomic E-state index is 11.8. The van der Waals surface area contributed by atoms with Crippen molar-refractivity contribution in [2.45, 2.75) is 39.2 Å². The zero-order chi connectivity index (χ0) is 10.3. The highest BCUT2D eigenvalue weighted by Gasteiger charge is 2.19. The van der Waals surface area contributed by atoms with E-state index >= 15 is 0 Å². The maximum atomic E-state index is 11.8. The lowest BCUT2D eigenvalue weighted by atomic mass is 10.2. The molecule has 3 heteroatoms. The Bertz CT molecular complexity index is 418. The molecule has 1 aromatic rings. The third kappa shape index (κ3) is 1.24. The Hall–Kier alpha value is -1.25. The number of aryl methyl sites for hydroxylation is 1. The van der Waals surface area contributed by atoms with Crippen LogP contribution >= 0.6 is 0 Å². The van der Waals surface area contributed by atoms with Gasteiger partial charge in [-0.2, -0.15) is 0 Å². The molecule has 0 saturated heterocycles. The molecule has 1 aliphatic carbocycles. The number of nitrogen functional groups attached to an aromatic ring is 1. The predicted octanol–water partition coefficient (Wildman–Crippen LogP) is 1.50. The van der Waals surface area contributed by atoms with Gasteiger partial charge in [0, 0.05) is 11.7 Å². The SMILES string of the molecule is CC(C)n1c2c(cc(N)c1=O)CCC2. The molecule has 0 fully saturated rings. The Labute approximate surface area is 83.5 Å². The van der Waals surface area contributed by atoms with E-state index in [0.29, 0.717) is 5.69 Å². The summed E-state index contributed by atoms with van der Waals surface area (Å²) in [6, 6.07) is 2.06. The van der Waals surface area contributed by atoms with Crippen molar-refractivity contribution in [2.75, 3.05) is 5.73 Å². The summed E-state index contributed by atoms with van der Waals surface area (Å²) in [5, 5.41) is 0. The molecule has 14 heavy (non-hydrogen) atoms. The van der Waals surface area contributed by atoms with Gasteiger partial charge in [-0.1, -0.05) is 0 Å². The summed E-state index contributed by atoms with van der Waals surface area (Å²) in [5.41, 5.74) is 8.51. The molecule has 0 bridgehead atoms. The van der Waals surface area contributed by atoms with Crippen LogP contribution in [0.5, 0.6) is 0 Å². The molecule has 2 rings (SSSR count). The summed E-state index contributed by atoms with van der Waals surface area (Å²) in [5.74, 6) is 0. The summed E-state index contributed by atoms with van der Waals surface area (Å²) in [6.07, 6.45) is 3.22. The third-order valence-corrected chi connectivity index (χ3v) is 2.83. The molecule has 76 valence electrons. The monoisotopic (exact) mass is 192 g/mol. The van der Waals surface area contributed by atoms with Gasteiger partial charge >= 0.3 is 0 Å². The molecule has 0 aliphatic heterocycles. The largest absolute Gasteiger partial charge is 0.394 e. The molecule has 1 aliphatic rings. The average Bonchev–Trinajstić information content (AvgIpc) is 2.52. The van der Waals surface area contributed by atoms with E-state index in [1.54, 1.807) is 0 Å². The van der Waals surface area contributed by atoms with Crippen LogP contribution in [0, 0.1) is 0 Å². The smallest absolute Gasteiger partial charge is 0.274 e. The van der Waals surface area contributed by atoms with Crippen molar-refractivity contribution in [3.8, 4) is 0 Å². The van der Waals surface area contributed by atoms with E-state index < -0.39 is 0 Å². The van der Waals surface area contributed by atoms with E-state index in [-0.39, 0.29) is 11.6 Å². The average molecular weight is 192 g/mol. The van der Waals surface area contributed by atoms with Crippen LogP contribution in [0.4, 0.5) is 5.69 Å². The van der Waals surface area contributed by atoms with E-state index in [4.69, 9.17) is 5.73 Å². The molecule has 0 saturated carbocycles. The van der Waals surface area contributed by atoms with Crippen molar-refractivity contribution < 1.29 is 0 Å². The van der Waals surface area contributed by atoms with Crippen LogP contribution in [0.15, 0.2) is 10.9 Å². The second kappa shape index (κ2) is 3.15. The zero-order valence-corrected chi connectivity index (χ0v) is 8.71. The first-order valence-electron chi connectivity index (χ1n) is 5.14. The number of hydrogen-bond donors (Lipinski definition) is 1. The lowest BCUT2D eigenvalue weighted by molar-refractivity contribution is 0.555. The standard InChI is InChI=1S/C11H16N2O/c1-7(2)13-10-5-3-4-8(10)6-9(12)11(13)14/h6-7H,3-5,12H2,1-2H3. The van der Waals surface area contributed by atoms with Crippen LogP contribution in [0.2, 0.25) is 0 Å². The van der Waals surface area contributed by atoms with Gasteiger partial charge in [0.25, 0.3) is 5.56 Å². The molecule has 0 amide bonds. The van der Waals surface area contributed by atoms with Crippen LogP contribution < -0.4 is 11.3 Å². The molecule has 2 N–H and O–H groups in total. The number of nitrogens with zero attached hydrogens (tertiary/aromatic N) is 1. The third-order valence-electron chi connectivity index (χ3n) is 2.83. The number of hydrogen-bond acceptors (Lipinski definition) is 2. The van der Waals surface area contributed by atoms with Crippen molar-refractivity contribution in [3.05, 3.63) is 27.7 Å². The normalized spacial score (nSPS) is 14.8. The first-order chi connectivity index (χ1) is 6.61. The van der Waals surface area contributed by atoms with Crippen molar-refractivity contribution in [1.29, 1.82) is 0 Å². The van der Waals surface area contributed by atoms with Crippen molar-refractivity contribution >= 4 is 5.69 Å². The van der Waals surface area contributed by atoms with Crippen LogP contribution in [-0.2, 0) is 12.8 Å². The summed E-state index contributed by atoms with van der Waals surface area (Å²) < 4.78 is 1.84. The quantitative estimate of drug-likeness (QED) is 0.733. The molecular formula is C11H16N2O. The Balaban J connectivity index is 2.73. The fraction of sp³-hybridized carbons (Fsp3) is 0.545. The Morgan fingerprint density at radius 2 is 2.14 bits per heavy atom. The van der Waals surface area contributed by atoms with Crippen LogP contribution in [0.1, 0.15) is 37.6 Å². The highest BCUT2D eigenvalue weighted by Crippen LogP contribution is 2.23. The summed E-state index contributed by atoms with van der Waals surface area (Å²) in [7, 11) is 0. The number of rotatable bonds is 1. The first-order valence-corrected chi connectivity index (χ1v) is 5.14. The van der Waals surface area contributed by atoms with Gasteiger partial charge in [-0.25, -0.2) is 0 Å². The molecule has 0 radical (unpaired) electrons. The van der Waals surface area contributed by atoms with Gasteiger partial charge in [0.1, 0.15) is 0 Å².